The normalized spacial score (nSPS) is 24.2. The molecule has 5 heteroatoms. The Balaban J connectivity index is 0.00000200. The lowest BCUT2D eigenvalue weighted by atomic mass is 9.92. The molecule has 0 aromatic heterocycles. The summed E-state index contributed by atoms with van der Waals surface area (Å²) in [6, 6.07) is 0.260. The Kier molecular flexibility index (Phi) is 11.8. The first-order valence-corrected chi connectivity index (χ1v) is 8.30. The third-order valence-corrected chi connectivity index (χ3v) is 4.70. The molecule has 126 valence electrons. The van der Waals surface area contributed by atoms with Crippen LogP contribution in [0.15, 0.2) is 0 Å². The first kappa shape index (κ1) is 21.2. The predicted molar refractivity (Wildman–Crippen MR) is 93.9 cm³/mol. The van der Waals surface area contributed by atoms with Gasteiger partial charge < -0.3 is 4.90 Å². The quantitative estimate of drug-likeness (QED) is 0.692. The number of unbranched alkanes of at least 4 members (excludes halogenated alkanes) is 3. The van der Waals surface area contributed by atoms with E-state index < -0.39 is 0 Å². The second-order valence-electron chi connectivity index (χ2n) is 6.17. The van der Waals surface area contributed by atoms with Crippen molar-refractivity contribution >= 4 is 30.6 Å². The van der Waals surface area contributed by atoms with E-state index in [-0.39, 0.29) is 30.9 Å². The molecule has 2 aliphatic rings. The highest BCUT2D eigenvalue weighted by Gasteiger charge is 2.30. The number of Topliss-reactive ketones (excluding diaryl/α,β-unsaturated/α-hetero) is 1. The number of nitrogens with zero attached hydrogens (tertiary/aromatic N) is 2. The molecule has 2 fully saturated rings. The molecule has 0 aromatic rings. The SMILES string of the molecule is CCCCCCN1CCN(C2CCCCC2=O)CC1.Cl.Cl. The highest BCUT2D eigenvalue weighted by molar-refractivity contribution is 5.85. The molecule has 1 saturated carbocycles. The van der Waals surface area contributed by atoms with Crippen molar-refractivity contribution < 1.29 is 4.79 Å². The molecule has 1 aliphatic carbocycles. The lowest BCUT2D eigenvalue weighted by Gasteiger charge is -2.40. The van der Waals surface area contributed by atoms with Crippen molar-refractivity contribution in [1.82, 2.24) is 9.80 Å². The average molecular weight is 339 g/mol. The molecule has 1 atom stereocenters. The molecule has 0 amide bonds. The molecule has 2 rings (SSSR count). The van der Waals surface area contributed by atoms with E-state index in [4.69, 9.17) is 0 Å². The second kappa shape index (κ2) is 11.7. The number of carbonyl (C=O) groups is 1. The van der Waals surface area contributed by atoms with E-state index in [1.165, 1.54) is 38.6 Å². The van der Waals surface area contributed by atoms with E-state index >= 15 is 0 Å². The summed E-state index contributed by atoms with van der Waals surface area (Å²) in [5.41, 5.74) is 0. The number of hydrogen-bond acceptors (Lipinski definition) is 3. The summed E-state index contributed by atoms with van der Waals surface area (Å²) in [5, 5.41) is 0. The van der Waals surface area contributed by atoms with Gasteiger partial charge in [0.2, 0.25) is 0 Å². The molecule has 0 spiro atoms. The molecule has 0 aromatic carbocycles. The van der Waals surface area contributed by atoms with E-state index in [0.29, 0.717) is 5.78 Å². The first-order valence-electron chi connectivity index (χ1n) is 8.30. The fraction of sp³-hybridized carbons (Fsp3) is 0.938. The minimum Gasteiger partial charge on any atom is -0.301 e. The number of carbonyl (C=O) groups excluding carboxylic acids is 1. The monoisotopic (exact) mass is 338 g/mol. The molecule has 0 N–H and O–H groups in total. The number of rotatable bonds is 6. The minimum absolute atomic E-state index is 0. The van der Waals surface area contributed by atoms with Crippen molar-refractivity contribution in [2.45, 2.75) is 64.3 Å². The summed E-state index contributed by atoms with van der Waals surface area (Å²) < 4.78 is 0. The van der Waals surface area contributed by atoms with Crippen molar-refractivity contribution in [3.63, 3.8) is 0 Å². The Morgan fingerprint density at radius 1 is 1.00 bits per heavy atom. The second-order valence-corrected chi connectivity index (χ2v) is 6.17. The van der Waals surface area contributed by atoms with Gasteiger partial charge in [0, 0.05) is 32.6 Å². The van der Waals surface area contributed by atoms with Gasteiger partial charge >= 0.3 is 0 Å². The molecule has 1 aliphatic heterocycles. The van der Waals surface area contributed by atoms with E-state index in [1.807, 2.05) is 0 Å². The van der Waals surface area contributed by atoms with Crippen LogP contribution < -0.4 is 0 Å². The fourth-order valence-electron chi connectivity index (χ4n) is 3.41. The maximum atomic E-state index is 12.0. The largest absolute Gasteiger partial charge is 0.301 e. The minimum atomic E-state index is 0. The Morgan fingerprint density at radius 3 is 2.33 bits per heavy atom. The molecular weight excluding hydrogens is 307 g/mol. The van der Waals surface area contributed by atoms with Crippen LogP contribution in [0.2, 0.25) is 0 Å². The van der Waals surface area contributed by atoms with Gasteiger partial charge in [-0.05, 0) is 25.8 Å². The zero-order chi connectivity index (χ0) is 13.5. The van der Waals surface area contributed by atoms with Crippen molar-refractivity contribution in [3.05, 3.63) is 0 Å². The van der Waals surface area contributed by atoms with Crippen LogP contribution in [0.4, 0.5) is 0 Å². The van der Waals surface area contributed by atoms with Crippen molar-refractivity contribution in [2.24, 2.45) is 0 Å². The van der Waals surface area contributed by atoms with Gasteiger partial charge in [0.25, 0.3) is 0 Å². The smallest absolute Gasteiger partial charge is 0.149 e. The lowest BCUT2D eigenvalue weighted by Crippen LogP contribution is -2.53. The topological polar surface area (TPSA) is 23.6 Å². The summed E-state index contributed by atoms with van der Waals surface area (Å²) in [6.45, 7) is 8.05. The van der Waals surface area contributed by atoms with Gasteiger partial charge in [0.1, 0.15) is 5.78 Å². The molecule has 1 saturated heterocycles. The zero-order valence-corrected chi connectivity index (χ0v) is 15.0. The number of ketones is 1. The van der Waals surface area contributed by atoms with Gasteiger partial charge in [0.05, 0.1) is 6.04 Å². The summed E-state index contributed by atoms with van der Waals surface area (Å²) >= 11 is 0. The molecule has 1 heterocycles. The van der Waals surface area contributed by atoms with E-state index in [1.54, 1.807) is 0 Å². The molecule has 0 radical (unpaired) electrons. The molecule has 3 nitrogen and oxygen atoms in total. The third-order valence-electron chi connectivity index (χ3n) is 4.70. The Bertz CT molecular complexity index is 281. The third kappa shape index (κ3) is 6.85. The maximum absolute atomic E-state index is 12.0. The number of piperazine rings is 1. The average Bonchev–Trinajstić information content (AvgIpc) is 2.45. The van der Waals surface area contributed by atoms with Gasteiger partial charge in [-0.3, -0.25) is 9.69 Å². The van der Waals surface area contributed by atoms with Crippen LogP contribution in [-0.2, 0) is 4.79 Å². The van der Waals surface area contributed by atoms with Crippen LogP contribution in [-0.4, -0.2) is 54.3 Å². The van der Waals surface area contributed by atoms with Gasteiger partial charge in [0.15, 0.2) is 0 Å². The number of hydrogen-bond donors (Lipinski definition) is 0. The van der Waals surface area contributed by atoms with Crippen LogP contribution in [0.3, 0.4) is 0 Å². The zero-order valence-electron chi connectivity index (χ0n) is 13.4. The first-order chi connectivity index (χ1) is 9.31. The maximum Gasteiger partial charge on any atom is 0.149 e. The Labute approximate surface area is 142 Å². The predicted octanol–water partition coefficient (Wildman–Crippen LogP) is 3.54. The summed E-state index contributed by atoms with van der Waals surface area (Å²) in [6.07, 6.45) is 9.69. The molecular formula is C16H32Cl2N2O. The fourth-order valence-corrected chi connectivity index (χ4v) is 3.41. The van der Waals surface area contributed by atoms with Crippen LogP contribution >= 0.6 is 24.8 Å². The summed E-state index contributed by atoms with van der Waals surface area (Å²) in [7, 11) is 0. The van der Waals surface area contributed by atoms with Crippen LogP contribution in [0.5, 0.6) is 0 Å². The Hall–Kier alpha value is 0.170. The van der Waals surface area contributed by atoms with Crippen LogP contribution in [0.25, 0.3) is 0 Å². The summed E-state index contributed by atoms with van der Waals surface area (Å²) in [5.74, 6) is 0.502. The molecule has 1 unspecified atom stereocenters. The standard InChI is InChI=1S/C16H30N2O.2ClH/c1-2-3-4-7-10-17-11-13-18(14-12-17)15-8-5-6-9-16(15)19;;/h15H,2-14H2,1H3;2*1H. The van der Waals surface area contributed by atoms with Crippen molar-refractivity contribution in [1.29, 1.82) is 0 Å². The van der Waals surface area contributed by atoms with E-state index in [9.17, 15) is 4.79 Å². The van der Waals surface area contributed by atoms with Crippen molar-refractivity contribution in [3.8, 4) is 0 Å². The Morgan fingerprint density at radius 2 is 1.71 bits per heavy atom. The van der Waals surface area contributed by atoms with Crippen LogP contribution in [0, 0.1) is 0 Å². The van der Waals surface area contributed by atoms with E-state index in [0.717, 1.165) is 45.4 Å². The van der Waals surface area contributed by atoms with Gasteiger partial charge in [-0.2, -0.15) is 0 Å². The lowest BCUT2D eigenvalue weighted by molar-refractivity contribution is -0.127. The van der Waals surface area contributed by atoms with E-state index in [2.05, 4.69) is 16.7 Å². The van der Waals surface area contributed by atoms with Gasteiger partial charge in [-0.15, -0.1) is 24.8 Å². The van der Waals surface area contributed by atoms with Gasteiger partial charge in [-0.1, -0.05) is 32.6 Å². The van der Waals surface area contributed by atoms with Gasteiger partial charge in [-0.25, -0.2) is 0 Å². The van der Waals surface area contributed by atoms with Crippen molar-refractivity contribution in [2.75, 3.05) is 32.7 Å². The van der Waals surface area contributed by atoms with Crippen LogP contribution in [0.1, 0.15) is 58.3 Å². The molecule has 0 bridgehead atoms. The highest BCUT2D eigenvalue weighted by Crippen LogP contribution is 2.21. The number of halogens is 2. The summed E-state index contributed by atoms with van der Waals surface area (Å²) in [4.78, 5) is 17.0. The highest BCUT2D eigenvalue weighted by atomic mass is 35.5. The molecule has 21 heavy (non-hydrogen) atoms.